The summed E-state index contributed by atoms with van der Waals surface area (Å²) in [7, 11) is 0. The zero-order chi connectivity index (χ0) is 19.1. The van der Waals surface area contributed by atoms with E-state index in [1.165, 1.54) is 12.8 Å². The molecule has 5 rings (SSSR count). The molecule has 6 heteroatoms. The zero-order valence-corrected chi connectivity index (χ0v) is 16.2. The van der Waals surface area contributed by atoms with Crippen LogP contribution in [0.2, 0.25) is 5.02 Å². The Morgan fingerprint density at radius 2 is 1.71 bits per heavy atom. The van der Waals surface area contributed by atoms with Crippen molar-refractivity contribution in [1.82, 2.24) is 15.1 Å². The van der Waals surface area contributed by atoms with Crippen LogP contribution >= 0.6 is 11.6 Å². The average molecular weight is 397 g/mol. The van der Waals surface area contributed by atoms with E-state index in [-0.39, 0.29) is 6.04 Å². The van der Waals surface area contributed by atoms with Crippen molar-refractivity contribution in [2.45, 2.75) is 37.5 Å². The van der Waals surface area contributed by atoms with Crippen molar-refractivity contribution in [2.24, 2.45) is 0 Å². The van der Waals surface area contributed by atoms with Crippen molar-refractivity contribution in [3.8, 4) is 11.3 Å². The van der Waals surface area contributed by atoms with Crippen LogP contribution in [0.1, 0.15) is 19.3 Å². The number of benzene rings is 2. The molecule has 3 aromatic rings. The first-order chi connectivity index (χ1) is 13.7. The van der Waals surface area contributed by atoms with E-state index in [1.807, 2.05) is 42.5 Å². The first-order valence-electron chi connectivity index (χ1n) is 9.83. The number of hydrogen-bond acceptors (Lipinski definition) is 4. The van der Waals surface area contributed by atoms with Crippen molar-refractivity contribution < 1.29 is 4.39 Å². The van der Waals surface area contributed by atoms with Crippen molar-refractivity contribution >= 4 is 28.2 Å². The SMILES string of the molecule is F[C@@H]1C[C@@H](Nc2nnc(-c3ccc(Cl)cc3)c3ccccc23)CN(C2CC2)C1. The van der Waals surface area contributed by atoms with Crippen LogP contribution < -0.4 is 5.32 Å². The van der Waals surface area contributed by atoms with E-state index in [4.69, 9.17) is 11.6 Å². The number of piperidine rings is 1. The van der Waals surface area contributed by atoms with Gasteiger partial charge in [0, 0.05) is 53.0 Å². The number of fused-ring (bicyclic) bond motifs is 1. The molecular formula is C22H22ClFN4. The van der Waals surface area contributed by atoms with Crippen LogP contribution in [-0.2, 0) is 0 Å². The van der Waals surface area contributed by atoms with E-state index in [0.29, 0.717) is 24.0 Å². The van der Waals surface area contributed by atoms with E-state index >= 15 is 0 Å². The number of likely N-dealkylation sites (tertiary alicyclic amines) is 1. The maximum Gasteiger partial charge on any atom is 0.156 e. The molecule has 1 N–H and O–H groups in total. The van der Waals surface area contributed by atoms with Gasteiger partial charge in [-0.1, -0.05) is 48.0 Å². The molecule has 1 aliphatic heterocycles. The number of nitrogens with one attached hydrogen (secondary N) is 1. The lowest BCUT2D eigenvalue weighted by Crippen LogP contribution is -2.48. The Labute approximate surface area is 168 Å². The van der Waals surface area contributed by atoms with Gasteiger partial charge in [-0.05, 0) is 25.0 Å². The molecule has 0 amide bonds. The normalized spacial score (nSPS) is 23.1. The summed E-state index contributed by atoms with van der Waals surface area (Å²) in [5, 5.41) is 15.2. The fraction of sp³-hybridized carbons (Fsp3) is 0.364. The summed E-state index contributed by atoms with van der Waals surface area (Å²) >= 11 is 6.02. The molecule has 2 fully saturated rings. The lowest BCUT2D eigenvalue weighted by atomic mass is 10.0. The first-order valence-corrected chi connectivity index (χ1v) is 10.2. The van der Waals surface area contributed by atoms with Crippen molar-refractivity contribution in [1.29, 1.82) is 0 Å². The van der Waals surface area contributed by atoms with Crippen molar-refractivity contribution in [2.75, 3.05) is 18.4 Å². The second-order valence-electron chi connectivity index (χ2n) is 7.81. The molecule has 0 radical (unpaired) electrons. The van der Waals surface area contributed by atoms with Gasteiger partial charge >= 0.3 is 0 Å². The Bertz CT molecular complexity index is 989. The smallest absolute Gasteiger partial charge is 0.156 e. The molecular weight excluding hydrogens is 375 g/mol. The van der Waals surface area contributed by atoms with E-state index in [1.54, 1.807) is 0 Å². The van der Waals surface area contributed by atoms with Crippen molar-refractivity contribution in [3.63, 3.8) is 0 Å². The van der Waals surface area contributed by atoms with Crippen molar-refractivity contribution in [3.05, 3.63) is 53.6 Å². The van der Waals surface area contributed by atoms with Crippen LogP contribution in [0.4, 0.5) is 10.2 Å². The van der Waals surface area contributed by atoms with Crippen LogP contribution in [-0.4, -0.2) is 46.4 Å². The number of halogens is 2. The summed E-state index contributed by atoms with van der Waals surface area (Å²) in [6.07, 6.45) is 2.10. The third-order valence-electron chi connectivity index (χ3n) is 5.64. The van der Waals surface area contributed by atoms with Gasteiger partial charge in [-0.2, -0.15) is 0 Å². The van der Waals surface area contributed by atoms with Gasteiger partial charge in [0.15, 0.2) is 5.82 Å². The minimum atomic E-state index is -0.792. The van der Waals surface area contributed by atoms with E-state index in [9.17, 15) is 4.39 Å². The molecule has 1 aromatic heterocycles. The predicted molar refractivity (Wildman–Crippen MR) is 112 cm³/mol. The van der Waals surface area contributed by atoms with Gasteiger partial charge < -0.3 is 5.32 Å². The van der Waals surface area contributed by atoms with E-state index in [0.717, 1.165) is 34.4 Å². The van der Waals surface area contributed by atoms with E-state index < -0.39 is 6.17 Å². The number of hydrogen-bond donors (Lipinski definition) is 1. The molecule has 0 bridgehead atoms. The highest BCUT2D eigenvalue weighted by Gasteiger charge is 2.36. The summed E-state index contributed by atoms with van der Waals surface area (Å²) in [4.78, 5) is 2.28. The van der Waals surface area contributed by atoms with Crippen LogP contribution in [0.25, 0.3) is 22.0 Å². The lowest BCUT2D eigenvalue weighted by Gasteiger charge is -2.35. The number of rotatable bonds is 4. The molecule has 2 aromatic carbocycles. The Morgan fingerprint density at radius 1 is 0.964 bits per heavy atom. The predicted octanol–water partition coefficient (Wildman–Crippen LogP) is 4.94. The number of alkyl halides is 1. The molecule has 2 aliphatic rings. The molecule has 4 nitrogen and oxygen atoms in total. The highest BCUT2D eigenvalue weighted by molar-refractivity contribution is 6.30. The Hall–Kier alpha value is -2.24. The van der Waals surface area contributed by atoms with Gasteiger partial charge in [-0.3, -0.25) is 4.90 Å². The molecule has 1 saturated heterocycles. The lowest BCUT2D eigenvalue weighted by molar-refractivity contribution is 0.123. The van der Waals surface area contributed by atoms with Crippen LogP contribution in [0.15, 0.2) is 48.5 Å². The minimum absolute atomic E-state index is 0.0449. The van der Waals surface area contributed by atoms with Gasteiger partial charge in [-0.15, -0.1) is 10.2 Å². The molecule has 1 aliphatic carbocycles. The summed E-state index contributed by atoms with van der Waals surface area (Å²) in [6, 6.07) is 16.3. The van der Waals surface area contributed by atoms with Crippen LogP contribution in [0, 0.1) is 0 Å². The minimum Gasteiger partial charge on any atom is -0.364 e. The summed E-state index contributed by atoms with van der Waals surface area (Å²) < 4.78 is 14.3. The highest BCUT2D eigenvalue weighted by atomic mass is 35.5. The summed E-state index contributed by atoms with van der Waals surface area (Å²) in [5.41, 5.74) is 1.80. The topological polar surface area (TPSA) is 41.1 Å². The summed E-state index contributed by atoms with van der Waals surface area (Å²) in [5.74, 6) is 0.725. The molecule has 1 saturated carbocycles. The second kappa shape index (κ2) is 7.30. The third kappa shape index (κ3) is 3.56. The molecule has 144 valence electrons. The van der Waals surface area contributed by atoms with Crippen LogP contribution in [0.5, 0.6) is 0 Å². The molecule has 28 heavy (non-hydrogen) atoms. The Balaban J connectivity index is 1.47. The van der Waals surface area contributed by atoms with Gasteiger partial charge in [0.25, 0.3) is 0 Å². The first kappa shape index (κ1) is 17.8. The second-order valence-corrected chi connectivity index (χ2v) is 8.25. The van der Waals surface area contributed by atoms with Gasteiger partial charge in [0.05, 0.1) is 0 Å². The largest absolute Gasteiger partial charge is 0.364 e. The molecule has 2 heterocycles. The maximum absolute atomic E-state index is 14.3. The molecule has 2 atom stereocenters. The summed E-state index contributed by atoms with van der Waals surface area (Å²) in [6.45, 7) is 1.42. The Morgan fingerprint density at radius 3 is 2.46 bits per heavy atom. The zero-order valence-electron chi connectivity index (χ0n) is 15.5. The Kier molecular flexibility index (Phi) is 4.65. The van der Waals surface area contributed by atoms with Gasteiger partial charge in [0.2, 0.25) is 0 Å². The number of anilines is 1. The molecule has 0 spiro atoms. The maximum atomic E-state index is 14.3. The van der Waals surface area contributed by atoms with Crippen LogP contribution in [0.3, 0.4) is 0 Å². The van der Waals surface area contributed by atoms with Gasteiger partial charge in [-0.25, -0.2) is 4.39 Å². The quantitative estimate of drug-likeness (QED) is 0.678. The monoisotopic (exact) mass is 396 g/mol. The number of nitrogens with zero attached hydrogens (tertiary/aromatic N) is 3. The number of aromatic nitrogens is 2. The average Bonchev–Trinajstić information content (AvgIpc) is 3.54. The molecule has 0 unspecified atom stereocenters. The standard InChI is InChI=1S/C22H22ClFN4/c23-15-7-5-14(6-8-15)21-19-3-1-2-4-20(19)22(27-26-21)25-17-11-16(24)12-28(13-17)18-9-10-18/h1-8,16-18H,9-13H2,(H,25,27)/t16-,17-/m1/s1. The third-order valence-corrected chi connectivity index (χ3v) is 5.89. The van der Waals surface area contributed by atoms with Gasteiger partial charge in [0.1, 0.15) is 11.9 Å². The fourth-order valence-corrected chi connectivity index (χ4v) is 4.26. The highest BCUT2D eigenvalue weighted by Crippen LogP contribution is 2.33. The van der Waals surface area contributed by atoms with E-state index in [2.05, 4.69) is 26.5 Å². The fourth-order valence-electron chi connectivity index (χ4n) is 4.14.